The Balaban J connectivity index is 1.60. The lowest BCUT2D eigenvalue weighted by Gasteiger charge is -2.36. The fourth-order valence-electron chi connectivity index (χ4n) is 3.71. The molecule has 1 aromatic carbocycles. The number of nitrogens with one attached hydrogen (secondary N) is 1. The average Bonchev–Trinajstić information content (AvgIpc) is 3.03. The molecule has 4 heteroatoms. The molecule has 1 saturated heterocycles. The summed E-state index contributed by atoms with van der Waals surface area (Å²) in [6, 6.07) is 6.55. The normalized spacial score (nSPS) is 19.6. The summed E-state index contributed by atoms with van der Waals surface area (Å²) in [6.07, 6.45) is 3.48. The molecule has 0 saturated carbocycles. The van der Waals surface area contributed by atoms with E-state index in [9.17, 15) is 4.79 Å². The van der Waals surface area contributed by atoms with E-state index in [1.54, 1.807) is 0 Å². The van der Waals surface area contributed by atoms with Crippen LogP contribution in [0.15, 0.2) is 18.2 Å². The van der Waals surface area contributed by atoms with E-state index in [1.807, 2.05) is 6.07 Å². The Labute approximate surface area is 139 Å². The first-order chi connectivity index (χ1) is 11.1. The van der Waals surface area contributed by atoms with Crippen LogP contribution in [0.5, 0.6) is 0 Å². The summed E-state index contributed by atoms with van der Waals surface area (Å²) in [5, 5.41) is 3.15. The molecule has 126 valence electrons. The van der Waals surface area contributed by atoms with Crippen LogP contribution >= 0.6 is 0 Å². The lowest BCUT2D eigenvalue weighted by molar-refractivity contribution is 0.00673. The molecule has 1 unspecified atom stereocenters. The predicted molar refractivity (Wildman–Crippen MR) is 91.8 cm³/mol. The molecule has 1 aliphatic heterocycles. The van der Waals surface area contributed by atoms with Gasteiger partial charge in [-0.2, -0.15) is 0 Å². The summed E-state index contributed by atoms with van der Waals surface area (Å²) in [7, 11) is 0. The van der Waals surface area contributed by atoms with Crippen LogP contribution in [0.3, 0.4) is 0 Å². The van der Waals surface area contributed by atoms with Crippen molar-refractivity contribution >= 4 is 5.91 Å². The molecular formula is C19H28N2O2. The second-order valence-corrected chi connectivity index (χ2v) is 7.01. The minimum atomic E-state index is 0.0543. The lowest BCUT2D eigenvalue weighted by Crippen LogP contribution is -2.51. The second kappa shape index (κ2) is 7.45. The first-order valence-electron chi connectivity index (χ1n) is 8.87. The quantitative estimate of drug-likeness (QED) is 0.906. The van der Waals surface area contributed by atoms with E-state index in [0.717, 1.165) is 44.7 Å². The van der Waals surface area contributed by atoms with Crippen molar-refractivity contribution in [2.75, 3.05) is 32.8 Å². The molecule has 4 nitrogen and oxygen atoms in total. The number of ether oxygens (including phenoxy) is 1. The van der Waals surface area contributed by atoms with Gasteiger partial charge in [0.1, 0.15) is 0 Å². The highest BCUT2D eigenvalue weighted by Crippen LogP contribution is 2.22. The third-order valence-electron chi connectivity index (χ3n) is 5.12. The number of benzene rings is 1. The molecule has 1 atom stereocenters. The Morgan fingerprint density at radius 2 is 1.96 bits per heavy atom. The topological polar surface area (TPSA) is 41.6 Å². The van der Waals surface area contributed by atoms with Gasteiger partial charge in [-0.1, -0.05) is 19.9 Å². The summed E-state index contributed by atoms with van der Waals surface area (Å²) in [5.41, 5.74) is 3.57. The number of hydrogen-bond donors (Lipinski definition) is 1. The second-order valence-electron chi connectivity index (χ2n) is 7.01. The molecular weight excluding hydrogens is 288 g/mol. The van der Waals surface area contributed by atoms with Crippen molar-refractivity contribution < 1.29 is 9.53 Å². The molecule has 1 heterocycles. The Hall–Kier alpha value is -1.39. The minimum absolute atomic E-state index is 0.0543. The monoisotopic (exact) mass is 316 g/mol. The van der Waals surface area contributed by atoms with Crippen LogP contribution in [-0.4, -0.2) is 49.7 Å². The van der Waals surface area contributed by atoms with E-state index in [1.165, 1.54) is 17.5 Å². The summed E-state index contributed by atoms with van der Waals surface area (Å²) in [5.74, 6) is 0.562. The molecule has 0 aromatic heterocycles. The van der Waals surface area contributed by atoms with Crippen LogP contribution < -0.4 is 5.32 Å². The van der Waals surface area contributed by atoms with E-state index < -0.39 is 0 Å². The Morgan fingerprint density at radius 1 is 1.22 bits per heavy atom. The van der Waals surface area contributed by atoms with Crippen molar-refractivity contribution in [3.63, 3.8) is 0 Å². The van der Waals surface area contributed by atoms with Crippen LogP contribution in [0.25, 0.3) is 0 Å². The SMILES string of the molecule is CC(C)C(CNC(=O)c1ccc2c(c1)CCC2)N1CCOCC1. The third kappa shape index (κ3) is 3.93. The smallest absolute Gasteiger partial charge is 0.251 e. The molecule has 1 N–H and O–H groups in total. The minimum Gasteiger partial charge on any atom is -0.379 e. The molecule has 1 aliphatic carbocycles. The van der Waals surface area contributed by atoms with E-state index in [0.29, 0.717) is 18.5 Å². The van der Waals surface area contributed by atoms with Crippen molar-refractivity contribution in [3.8, 4) is 0 Å². The maximum atomic E-state index is 12.5. The van der Waals surface area contributed by atoms with Gasteiger partial charge in [-0.25, -0.2) is 0 Å². The fraction of sp³-hybridized carbons (Fsp3) is 0.632. The number of carbonyl (C=O) groups is 1. The van der Waals surface area contributed by atoms with Gasteiger partial charge in [0.2, 0.25) is 0 Å². The van der Waals surface area contributed by atoms with Crippen LogP contribution in [0, 0.1) is 5.92 Å². The molecule has 1 fully saturated rings. The third-order valence-corrected chi connectivity index (χ3v) is 5.12. The van der Waals surface area contributed by atoms with Crippen molar-refractivity contribution in [2.24, 2.45) is 5.92 Å². The molecule has 1 aromatic rings. The number of fused-ring (bicyclic) bond motifs is 1. The van der Waals surface area contributed by atoms with Crippen LogP contribution in [0.2, 0.25) is 0 Å². The zero-order valence-electron chi connectivity index (χ0n) is 14.3. The number of nitrogens with zero attached hydrogens (tertiary/aromatic N) is 1. The highest BCUT2D eigenvalue weighted by atomic mass is 16.5. The Kier molecular flexibility index (Phi) is 5.34. The predicted octanol–water partition coefficient (Wildman–Crippen LogP) is 2.26. The molecule has 2 aliphatic rings. The maximum absolute atomic E-state index is 12.5. The van der Waals surface area contributed by atoms with Gasteiger partial charge in [0, 0.05) is 31.2 Å². The summed E-state index contributed by atoms with van der Waals surface area (Å²) >= 11 is 0. The molecule has 0 bridgehead atoms. The average molecular weight is 316 g/mol. The van der Waals surface area contributed by atoms with Crippen molar-refractivity contribution in [2.45, 2.75) is 39.2 Å². The number of rotatable bonds is 5. The van der Waals surface area contributed by atoms with Gasteiger partial charge in [0.05, 0.1) is 13.2 Å². The van der Waals surface area contributed by atoms with Gasteiger partial charge >= 0.3 is 0 Å². The van der Waals surface area contributed by atoms with Gasteiger partial charge in [-0.3, -0.25) is 9.69 Å². The summed E-state index contributed by atoms with van der Waals surface area (Å²) in [6.45, 7) is 8.65. The van der Waals surface area contributed by atoms with Gasteiger partial charge in [-0.15, -0.1) is 0 Å². The fourth-order valence-corrected chi connectivity index (χ4v) is 3.71. The Bertz CT molecular complexity index is 550. The lowest BCUT2D eigenvalue weighted by atomic mass is 10.0. The zero-order valence-corrected chi connectivity index (χ0v) is 14.3. The van der Waals surface area contributed by atoms with Crippen LogP contribution in [0.4, 0.5) is 0 Å². The summed E-state index contributed by atoms with van der Waals surface area (Å²) < 4.78 is 5.44. The number of amides is 1. The number of aryl methyl sites for hydroxylation is 2. The van der Waals surface area contributed by atoms with Gasteiger partial charge in [0.25, 0.3) is 5.91 Å². The number of morpholine rings is 1. The highest BCUT2D eigenvalue weighted by molar-refractivity contribution is 5.94. The van der Waals surface area contributed by atoms with E-state index in [-0.39, 0.29) is 5.91 Å². The zero-order chi connectivity index (χ0) is 16.2. The van der Waals surface area contributed by atoms with Crippen LogP contribution in [0.1, 0.15) is 41.8 Å². The van der Waals surface area contributed by atoms with Gasteiger partial charge in [0.15, 0.2) is 0 Å². The van der Waals surface area contributed by atoms with Crippen molar-refractivity contribution in [1.29, 1.82) is 0 Å². The van der Waals surface area contributed by atoms with Crippen molar-refractivity contribution in [3.05, 3.63) is 34.9 Å². The molecule has 0 spiro atoms. The van der Waals surface area contributed by atoms with E-state index in [2.05, 4.69) is 36.2 Å². The van der Waals surface area contributed by atoms with Crippen LogP contribution in [-0.2, 0) is 17.6 Å². The standard InChI is InChI=1S/C19H28N2O2/c1-14(2)18(21-8-10-23-11-9-21)13-20-19(22)17-7-6-15-4-3-5-16(15)12-17/h6-7,12,14,18H,3-5,8-11,13H2,1-2H3,(H,20,22). The molecule has 0 radical (unpaired) electrons. The Morgan fingerprint density at radius 3 is 2.70 bits per heavy atom. The first-order valence-corrected chi connectivity index (χ1v) is 8.87. The number of carbonyl (C=O) groups excluding carboxylic acids is 1. The summed E-state index contributed by atoms with van der Waals surface area (Å²) in [4.78, 5) is 14.9. The van der Waals surface area contributed by atoms with E-state index in [4.69, 9.17) is 4.74 Å². The largest absolute Gasteiger partial charge is 0.379 e. The molecule has 3 rings (SSSR count). The van der Waals surface area contributed by atoms with E-state index >= 15 is 0 Å². The maximum Gasteiger partial charge on any atom is 0.251 e. The highest BCUT2D eigenvalue weighted by Gasteiger charge is 2.24. The molecule has 1 amide bonds. The number of hydrogen-bond acceptors (Lipinski definition) is 3. The van der Waals surface area contributed by atoms with Gasteiger partial charge in [-0.05, 0) is 48.4 Å². The van der Waals surface area contributed by atoms with Gasteiger partial charge < -0.3 is 10.1 Å². The molecule has 23 heavy (non-hydrogen) atoms. The first kappa shape index (κ1) is 16.5. The van der Waals surface area contributed by atoms with Crippen molar-refractivity contribution in [1.82, 2.24) is 10.2 Å².